The molecule has 1 aromatic heterocycles. The molecule has 3 heterocycles. The molecule has 19 heavy (non-hydrogen) atoms. The van der Waals surface area contributed by atoms with Gasteiger partial charge in [-0.05, 0) is 6.42 Å². The number of ether oxygens (including phenoxy) is 2. The summed E-state index contributed by atoms with van der Waals surface area (Å²) in [4.78, 5) is 4.46. The van der Waals surface area contributed by atoms with Crippen molar-refractivity contribution in [3.8, 4) is 0 Å². The third-order valence-electron chi connectivity index (χ3n) is 3.95. The van der Waals surface area contributed by atoms with Gasteiger partial charge in [0.2, 0.25) is 11.7 Å². The molecule has 3 rings (SSSR count). The third-order valence-corrected chi connectivity index (χ3v) is 3.95. The van der Waals surface area contributed by atoms with Crippen LogP contribution in [0, 0.1) is 0 Å². The first-order valence-corrected chi connectivity index (χ1v) is 6.62. The highest BCUT2D eigenvalue weighted by Crippen LogP contribution is 2.34. The predicted octanol–water partition coefficient (Wildman–Crippen LogP) is 0.117. The van der Waals surface area contributed by atoms with Crippen molar-refractivity contribution in [2.75, 3.05) is 26.9 Å². The molecule has 106 valence electrons. The number of aliphatic hydroxyl groups is 1. The summed E-state index contributed by atoms with van der Waals surface area (Å²) in [7, 11) is 1.67. The number of β-amino-alcohol motifs (C(OH)–C–C–N with tert-alkyl or cyclic N) is 1. The van der Waals surface area contributed by atoms with Gasteiger partial charge in [-0.2, -0.15) is 4.98 Å². The minimum absolute atomic E-state index is 0.0648. The highest BCUT2D eigenvalue weighted by molar-refractivity contribution is 5.06. The van der Waals surface area contributed by atoms with E-state index in [4.69, 9.17) is 14.0 Å². The zero-order valence-corrected chi connectivity index (χ0v) is 11.0. The molecule has 7 heteroatoms. The molecule has 0 radical (unpaired) electrons. The summed E-state index contributed by atoms with van der Waals surface area (Å²) in [5, 5.41) is 16.7. The van der Waals surface area contributed by atoms with Gasteiger partial charge in [0.05, 0.1) is 12.1 Å². The van der Waals surface area contributed by atoms with Crippen molar-refractivity contribution >= 4 is 0 Å². The molecule has 0 spiro atoms. The molecule has 0 aromatic carbocycles. The van der Waals surface area contributed by atoms with Gasteiger partial charge in [0, 0.05) is 39.7 Å². The van der Waals surface area contributed by atoms with Gasteiger partial charge in [-0.3, -0.25) is 0 Å². The van der Waals surface area contributed by atoms with Crippen LogP contribution in [0.2, 0.25) is 0 Å². The van der Waals surface area contributed by atoms with Crippen LogP contribution in [0.4, 0.5) is 0 Å². The summed E-state index contributed by atoms with van der Waals surface area (Å²) in [6, 6.07) is -0.0648. The number of rotatable bonds is 3. The average molecular weight is 269 g/mol. The van der Waals surface area contributed by atoms with E-state index in [1.807, 2.05) is 0 Å². The van der Waals surface area contributed by atoms with Crippen molar-refractivity contribution < 1.29 is 19.1 Å². The Balaban J connectivity index is 1.79. The van der Waals surface area contributed by atoms with E-state index in [0.717, 1.165) is 12.8 Å². The third kappa shape index (κ3) is 2.38. The van der Waals surface area contributed by atoms with E-state index < -0.39 is 5.60 Å². The first-order valence-electron chi connectivity index (χ1n) is 6.62. The summed E-state index contributed by atoms with van der Waals surface area (Å²) < 4.78 is 16.3. The maximum atomic E-state index is 9.52. The molecular weight excluding hydrogens is 250 g/mol. The second-order valence-electron chi connectivity index (χ2n) is 5.12. The highest BCUT2D eigenvalue weighted by atomic mass is 16.5. The Bertz CT molecular complexity index is 430. The Labute approximate surface area is 111 Å². The van der Waals surface area contributed by atoms with Crippen molar-refractivity contribution in [1.82, 2.24) is 15.5 Å². The van der Waals surface area contributed by atoms with E-state index in [1.54, 1.807) is 7.11 Å². The quantitative estimate of drug-likeness (QED) is 0.805. The molecule has 7 nitrogen and oxygen atoms in total. The lowest BCUT2D eigenvalue weighted by atomic mass is 9.93. The standard InChI is InChI=1S/C12H19N3O4/c1-17-12(2-4-18-5-3-12)11-14-10(19-15-11)9-6-8(16)7-13-9/h8-9,13,16H,2-7H2,1H3. The lowest BCUT2D eigenvalue weighted by molar-refractivity contribution is -0.101. The van der Waals surface area contributed by atoms with E-state index >= 15 is 0 Å². The molecule has 0 aliphatic carbocycles. The molecule has 0 amide bonds. The minimum atomic E-state index is -0.503. The van der Waals surface area contributed by atoms with E-state index in [0.29, 0.717) is 37.9 Å². The average Bonchev–Trinajstić information content (AvgIpc) is 3.08. The van der Waals surface area contributed by atoms with Crippen LogP contribution in [0.3, 0.4) is 0 Å². The van der Waals surface area contributed by atoms with Crippen molar-refractivity contribution in [2.45, 2.75) is 37.0 Å². The minimum Gasteiger partial charge on any atom is -0.392 e. The Hall–Kier alpha value is -1.02. The summed E-state index contributed by atoms with van der Waals surface area (Å²) in [5.41, 5.74) is -0.503. The zero-order valence-electron chi connectivity index (χ0n) is 11.0. The summed E-state index contributed by atoms with van der Waals surface area (Å²) in [5.74, 6) is 1.10. The SMILES string of the molecule is COC1(c2noc(C3CC(O)CN3)n2)CCOCC1. The van der Waals surface area contributed by atoms with Crippen molar-refractivity contribution in [2.24, 2.45) is 0 Å². The van der Waals surface area contributed by atoms with Gasteiger partial charge >= 0.3 is 0 Å². The highest BCUT2D eigenvalue weighted by Gasteiger charge is 2.40. The Kier molecular flexibility index (Phi) is 3.53. The zero-order chi connectivity index (χ0) is 13.3. The van der Waals surface area contributed by atoms with E-state index in [9.17, 15) is 5.11 Å². The molecule has 0 bridgehead atoms. The lowest BCUT2D eigenvalue weighted by Crippen LogP contribution is -2.36. The fourth-order valence-corrected chi connectivity index (χ4v) is 2.69. The second kappa shape index (κ2) is 5.16. The predicted molar refractivity (Wildman–Crippen MR) is 64.4 cm³/mol. The van der Waals surface area contributed by atoms with Crippen LogP contribution in [0.1, 0.15) is 37.0 Å². The number of methoxy groups -OCH3 is 1. The smallest absolute Gasteiger partial charge is 0.243 e. The number of nitrogens with one attached hydrogen (secondary N) is 1. The lowest BCUT2D eigenvalue weighted by Gasteiger charge is -2.32. The van der Waals surface area contributed by atoms with Gasteiger partial charge in [-0.1, -0.05) is 5.16 Å². The molecule has 2 saturated heterocycles. The molecule has 2 aliphatic rings. The van der Waals surface area contributed by atoms with Gasteiger partial charge in [0.1, 0.15) is 5.60 Å². The maximum absolute atomic E-state index is 9.52. The number of aliphatic hydroxyl groups excluding tert-OH is 1. The molecule has 2 N–H and O–H groups in total. The number of aromatic nitrogens is 2. The Morgan fingerprint density at radius 1 is 1.42 bits per heavy atom. The topological polar surface area (TPSA) is 89.6 Å². The Morgan fingerprint density at radius 2 is 2.21 bits per heavy atom. The molecule has 0 saturated carbocycles. The fraction of sp³-hybridized carbons (Fsp3) is 0.833. The fourth-order valence-electron chi connectivity index (χ4n) is 2.69. The van der Waals surface area contributed by atoms with Crippen LogP contribution in [0.5, 0.6) is 0 Å². The van der Waals surface area contributed by atoms with Crippen LogP contribution in [0.25, 0.3) is 0 Å². The van der Waals surface area contributed by atoms with Gasteiger partial charge in [-0.15, -0.1) is 0 Å². The van der Waals surface area contributed by atoms with Crippen LogP contribution < -0.4 is 5.32 Å². The second-order valence-corrected chi connectivity index (χ2v) is 5.12. The number of nitrogens with zero attached hydrogens (tertiary/aromatic N) is 2. The van der Waals surface area contributed by atoms with Gasteiger partial charge in [0.25, 0.3) is 0 Å². The molecule has 2 atom stereocenters. The normalized spacial score (nSPS) is 30.6. The number of hydrogen-bond donors (Lipinski definition) is 2. The largest absolute Gasteiger partial charge is 0.392 e. The van der Waals surface area contributed by atoms with Crippen molar-refractivity contribution in [3.63, 3.8) is 0 Å². The van der Waals surface area contributed by atoms with Crippen molar-refractivity contribution in [3.05, 3.63) is 11.7 Å². The van der Waals surface area contributed by atoms with Crippen LogP contribution in [-0.2, 0) is 15.1 Å². The van der Waals surface area contributed by atoms with E-state index in [1.165, 1.54) is 0 Å². The first-order chi connectivity index (χ1) is 9.23. The monoisotopic (exact) mass is 269 g/mol. The molecule has 1 aromatic rings. The molecule has 2 aliphatic heterocycles. The first kappa shape index (κ1) is 13.0. The van der Waals surface area contributed by atoms with Gasteiger partial charge in [-0.25, -0.2) is 0 Å². The van der Waals surface area contributed by atoms with E-state index in [-0.39, 0.29) is 12.1 Å². The molecule has 2 unspecified atom stereocenters. The van der Waals surface area contributed by atoms with Gasteiger partial charge in [0.15, 0.2) is 0 Å². The molecule has 2 fully saturated rings. The number of hydrogen-bond acceptors (Lipinski definition) is 7. The van der Waals surface area contributed by atoms with Crippen LogP contribution >= 0.6 is 0 Å². The summed E-state index contributed by atoms with van der Waals surface area (Å²) in [6.45, 7) is 1.84. The molecular formula is C12H19N3O4. The van der Waals surface area contributed by atoms with Crippen LogP contribution in [0.15, 0.2) is 4.52 Å². The van der Waals surface area contributed by atoms with E-state index in [2.05, 4.69) is 15.5 Å². The summed E-state index contributed by atoms with van der Waals surface area (Å²) in [6.07, 6.45) is 1.71. The van der Waals surface area contributed by atoms with Gasteiger partial charge < -0.3 is 24.4 Å². The Morgan fingerprint density at radius 3 is 2.84 bits per heavy atom. The van der Waals surface area contributed by atoms with Crippen LogP contribution in [-0.4, -0.2) is 48.2 Å². The maximum Gasteiger partial charge on any atom is 0.243 e. The van der Waals surface area contributed by atoms with Crippen molar-refractivity contribution in [1.29, 1.82) is 0 Å². The summed E-state index contributed by atoms with van der Waals surface area (Å²) >= 11 is 0.